The zero-order valence-corrected chi connectivity index (χ0v) is 16.9. The third-order valence-corrected chi connectivity index (χ3v) is 6.45. The van der Waals surface area contributed by atoms with Gasteiger partial charge >= 0.3 is 0 Å². The van der Waals surface area contributed by atoms with Crippen molar-refractivity contribution in [3.63, 3.8) is 0 Å². The van der Waals surface area contributed by atoms with Crippen molar-refractivity contribution in [2.75, 3.05) is 23.3 Å². The lowest BCUT2D eigenvalue weighted by Gasteiger charge is -2.37. The molecule has 0 aliphatic carbocycles. The van der Waals surface area contributed by atoms with Gasteiger partial charge in [-0.3, -0.25) is 4.72 Å². The molecule has 1 aromatic carbocycles. The number of hydrogen-bond acceptors (Lipinski definition) is 5. The summed E-state index contributed by atoms with van der Waals surface area (Å²) < 4.78 is 33.0. The SMILES string of the molecule is CCC1CCCCN1c1ccc(NS(=O)(=O)c2ccc(OC)c(C)c2)nc1. The van der Waals surface area contributed by atoms with Crippen molar-refractivity contribution in [3.8, 4) is 5.75 Å². The highest BCUT2D eigenvalue weighted by atomic mass is 32.2. The van der Waals surface area contributed by atoms with Gasteiger partial charge in [-0.15, -0.1) is 0 Å². The molecular weight excluding hydrogens is 362 g/mol. The molecule has 0 radical (unpaired) electrons. The van der Waals surface area contributed by atoms with Gasteiger partial charge in [-0.2, -0.15) is 0 Å². The van der Waals surface area contributed by atoms with Crippen LogP contribution in [0.5, 0.6) is 5.75 Å². The molecule has 1 unspecified atom stereocenters. The van der Waals surface area contributed by atoms with Crippen LogP contribution < -0.4 is 14.4 Å². The summed E-state index contributed by atoms with van der Waals surface area (Å²) in [6.45, 7) is 5.04. The van der Waals surface area contributed by atoms with E-state index in [1.807, 2.05) is 13.0 Å². The Bertz CT molecular complexity index is 882. The van der Waals surface area contributed by atoms with Crippen molar-refractivity contribution in [1.29, 1.82) is 0 Å². The Morgan fingerprint density at radius 2 is 2.07 bits per heavy atom. The van der Waals surface area contributed by atoms with Crippen molar-refractivity contribution in [2.45, 2.75) is 50.5 Å². The predicted molar refractivity (Wildman–Crippen MR) is 108 cm³/mol. The third kappa shape index (κ3) is 4.35. The Balaban J connectivity index is 1.76. The van der Waals surface area contributed by atoms with Crippen molar-refractivity contribution in [3.05, 3.63) is 42.1 Å². The van der Waals surface area contributed by atoms with Crippen LogP contribution in [0.15, 0.2) is 41.4 Å². The highest BCUT2D eigenvalue weighted by Gasteiger charge is 2.22. The summed E-state index contributed by atoms with van der Waals surface area (Å²) in [5.41, 5.74) is 1.81. The number of nitrogens with zero attached hydrogens (tertiary/aromatic N) is 2. The van der Waals surface area contributed by atoms with Crippen LogP contribution in [-0.4, -0.2) is 33.1 Å². The molecule has 146 valence electrons. The summed E-state index contributed by atoms with van der Waals surface area (Å²) in [5.74, 6) is 0.973. The molecule has 7 heteroatoms. The van der Waals surface area contributed by atoms with E-state index in [-0.39, 0.29) is 4.90 Å². The zero-order valence-electron chi connectivity index (χ0n) is 16.1. The third-order valence-electron chi connectivity index (χ3n) is 5.09. The largest absolute Gasteiger partial charge is 0.496 e. The van der Waals surface area contributed by atoms with Gasteiger partial charge in [0, 0.05) is 12.6 Å². The van der Waals surface area contributed by atoms with Crippen LogP contribution in [0.3, 0.4) is 0 Å². The van der Waals surface area contributed by atoms with Gasteiger partial charge in [0.15, 0.2) is 0 Å². The average molecular weight is 390 g/mol. The molecule has 1 N–H and O–H groups in total. The fraction of sp³-hybridized carbons (Fsp3) is 0.450. The molecule has 6 nitrogen and oxygen atoms in total. The lowest BCUT2D eigenvalue weighted by Crippen LogP contribution is -2.39. The van der Waals surface area contributed by atoms with Crippen molar-refractivity contribution < 1.29 is 13.2 Å². The molecule has 0 bridgehead atoms. The molecule has 2 heterocycles. The van der Waals surface area contributed by atoms with Crippen molar-refractivity contribution in [2.24, 2.45) is 0 Å². The number of anilines is 2. The fourth-order valence-electron chi connectivity index (χ4n) is 3.60. The van der Waals surface area contributed by atoms with Crippen LogP contribution in [0, 0.1) is 6.92 Å². The van der Waals surface area contributed by atoms with E-state index in [0.717, 1.165) is 24.2 Å². The molecule has 0 spiro atoms. The quantitative estimate of drug-likeness (QED) is 0.809. The number of pyridine rings is 1. The van der Waals surface area contributed by atoms with E-state index >= 15 is 0 Å². The summed E-state index contributed by atoms with van der Waals surface area (Å²) in [6.07, 6.45) is 6.50. The molecule has 3 rings (SSSR count). The Labute approximate surface area is 161 Å². The van der Waals surface area contributed by atoms with Crippen LogP contribution in [0.25, 0.3) is 0 Å². The van der Waals surface area contributed by atoms with Gasteiger partial charge in [0.2, 0.25) is 0 Å². The summed E-state index contributed by atoms with van der Waals surface area (Å²) in [5, 5.41) is 0. The number of rotatable bonds is 6. The highest BCUT2D eigenvalue weighted by molar-refractivity contribution is 7.92. The van der Waals surface area contributed by atoms with E-state index in [9.17, 15) is 8.42 Å². The van der Waals surface area contributed by atoms with Crippen LogP contribution >= 0.6 is 0 Å². The molecule has 2 aromatic rings. The maximum absolute atomic E-state index is 12.6. The maximum atomic E-state index is 12.6. The standard InChI is InChI=1S/C20H27N3O3S/c1-4-16-7-5-6-12-23(16)17-8-11-20(21-14-17)22-27(24,25)18-9-10-19(26-3)15(2)13-18/h8-11,13-14,16H,4-7,12H2,1-3H3,(H,21,22). The molecule has 1 aliphatic rings. The first kappa shape index (κ1) is 19.5. The number of sulfonamides is 1. The minimum Gasteiger partial charge on any atom is -0.496 e. The monoisotopic (exact) mass is 389 g/mol. The first-order chi connectivity index (χ1) is 12.9. The van der Waals surface area contributed by atoms with Crippen LogP contribution in [-0.2, 0) is 10.0 Å². The van der Waals surface area contributed by atoms with Gasteiger partial charge in [-0.25, -0.2) is 13.4 Å². The number of piperidine rings is 1. The van der Waals surface area contributed by atoms with Crippen molar-refractivity contribution in [1.82, 2.24) is 4.98 Å². The Morgan fingerprint density at radius 3 is 2.70 bits per heavy atom. The Kier molecular flexibility index (Phi) is 5.89. The van der Waals surface area contributed by atoms with E-state index in [0.29, 0.717) is 17.6 Å². The van der Waals surface area contributed by atoms with Crippen LogP contribution in [0.1, 0.15) is 38.2 Å². The number of benzene rings is 1. The topological polar surface area (TPSA) is 71.5 Å². The average Bonchev–Trinajstić information content (AvgIpc) is 2.68. The maximum Gasteiger partial charge on any atom is 0.263 e. The molecule has 1 saturated heterocycles. The van der Waals surface area contributed by atoms with Gasteiger partial charge in [0.1, 0.15) is 11.6 Å². The summed E-state index contributed by atoms with van der Waals surface area (Å²) in [4.78, 5) is 6.90. The smallest absolute Gasteiger partial charge is 0.263 e. The molecule has 0 amide bonds. The molecule has 1 fully saturated rings. The van der Waals surface area contributed by atoms with Crippen molar-refractivity contribution >= 4 is 21.5 Å². The summed E-state index contributed by atoms with van der Waals surface area (Å²) in [6, 6.07) is 8.98. The van der Waals surface area contributed by atoms with Gasteiger partial charge < -0.3 is 9.64 Å². The number of hydrogen-bond donors (Lipinski definition) is 1. The number of aryl methyl sites for hydroxylation is 1. The minimum atomic E-state index is -3.70. The molecule has 1 aromatic heterocycles. The zero-order chi connectivity index (χ0) is 19.4. The van der Waals surface area contributed by atoms with E-state index in [2.05, 4.69) is 21.5 Å². The van der Waals surface area contributed by atoms with Gasteiger partial charge in [-0.1, -0.05) is 6.92 Å². The van der Waals surface area contributed by atoms with Gasteiger partial charge in [-0.05, 0) is 68.5 Å². The number of ether oxygens (including phenoxy) is 1. The molecular formula is C20H27N3O3S. The second kappa shape index (κ2) is 8.17. The van der Waals surface area contributed by atoms with E-state index in [4.69, 9.17) is 4.74 Å². The number of aromatic nitrogens is 1. The predicted octanol–water partition coefficient (Wildman–Crippen LogP) is 3.97. The number of nitrogens with one attached hydrogen (secondary N) is 1. The summed E-state index contributed by atoms with van der Waals surface area (Å²) in [7, 11) is -2.13. The van der Waals surface area contributed by atoms with Gasteiger partial charge in [0.05, 0.1) is 23.9 Å². The van der Waals surface area contributed by atoms with Crippen LogP contribution in [0.4, 0.5) is 11.5 Å². The first-order valence-electron chi connectivity index (χ1n) is 9.34. The molecule has 1 atom stereocenters. The highest BCUT2D eigenvalue weighted by Crippen LogP contribution is 2.27. The molecule has 27 heavy (non-hydrogen) atoms. The molecule has 0 saturated carbocycles. The second-order valence-electron chi connectivity index (χ2n) is 6.89. The fourth-order valence-corrected chi connectivity index (χ4v) is 4.69. The van der Waals surface area contributed by atoms with Crippen LogP contribution in [0.2, 0.25) is 0 Å². The Hall–Kier alpha value is -2.28. The number of methoxy groups -OCH3 is 1. The minimum absolute atomic E-state index is 0.189. The second-order valence-corrected chi connectivity index (χ2v) is 8.57. The Morgan fingerprint density at radius 1 is 1.26 bits per heavy atom. The lowest BCUT2D eigenvalue weighted by atomic mass is 9.99. The summed E-state index contributed by atoms with van der Waals surface area (Å²) >= 11 is 0. The van der Waals surface area contributed by atoms with E-state index in [1.165, 1.54) is 25.3 Å². The van der Waals surface area contributed by atoms with E-state index < -0.39 is 10.0 Å². The molecule has 1 aliphatic heterocycles. The van der Waals surface area contributed by atoms with E-state index in [1.54, 1.807) is 31.5 Å². The normalized spacial score (nSPS) is 17.6. The lowest BCUT2D eigenvalue weighted by molar-refractivity contribution is 0.411. The van der Waals surface area contributed by atoms with Gasteiger partial charge in [0.25, 0.3) is 10.0 Å². The first-order valence-corrected chi connectivity index (χ1v) is 10.8.